The molecule has 0 aliphatic rings. The summed E-state index contributed by atoms with van der Waals surface area (Å²) in [5.74, 6) is 1.04. The van der Waals surface area contributed by atoms with Gasteiger partial charge in [0.1, 0.15) is 0 Å². The van der Waals surface area contributed by atoms with Crippen molar-refractivity contribution in [1.29, 1.82) is 0 Å². The molecule has 0 bridgehead atoms. The molecule has 0 saturated heterocycles. The van der Waals surface area contributed by atoms with E-state index in [-0.39, 0.29) is 42.6 Å². The van der Waals surface area contributed by atoms with Gasteiger partial charge in [-0.05, 0) is 12.2 Å². The maximum absolute atomic E-state index is 4.00. The molecule has 0 aliphatic carbocycles. The van der Waals surface area contributed by atoms with Crippen LogP contribution < -0.4 is 18.9 Å². The van der Waals surface area contributed by atoms with Gasteiger partial charge in [0.2, 0.25) is 0 Å². The Bertz CT molecular complexity index is 22.8. The van der Waals surface area contributed by atoms with Crippen molar-refractivity contribution in [3.8, 4) is 0 Å². The first-order valence-corrected chi connectivity index (χ1v) is 4.66. The molecule has 0 nitrogen and oxygen atoms in total. The molecule has 0 atom stereocenters. The van der Waals surface area contributed by atoms with Gasteiger partial charge in [-0.25, -0.2) is 0 Å². The first-order chi connectivity index (χ1) is 4.41. The SMILES string of the molecule is C.C.C.CC.CC.CCCCS.[H-].[Li+]. The molecule has 0 N–H and O–H groups in total. The topological polar surface area (TPSA) is 0 Å². The standard InChI is InChI=1S/C4H10S.2C2H6.3CH4.Li.H/c1-2-3-4-5;2*1-2;;;;;/h5H,2-4H2,1H3;2*1-2H3;3*1H4;;/q;;;;;;+1;-1. The Morgan fingerprint density at radius 1 is 0.923 bits per heavy atom. The summed E-state index contributed by atoms with van der Waals surface area (Å²) >= 11 is 4.00. The van der Waals surface area contributed by atoms with E-state index < -0.39 is 0 Å². The zero-order valence-corrected chi connectivity index (χ0v) is 9.46. The summed E-state index contributed by atoms with van der Waals surface area (Å²) < 4.78 is 0. The molecule has 0 aromatic heterocycles. The van der Waals surface area contributed by atoms with Gasteiger partial charge in [-0.2, -0.15) is 12.6 Å². The summed E-state index contributed by atoms with van der Waals surface area (Å²) in [4.78, 5) is 0. The molecular weight excluding hydrogens is 171 g/mol. The summed E-state index contributed by atoms with van der Waals surface area (Å²) in [5.41, 5.74) is 0. The van der Waals surface area contributed by atoms with Crippen LogP contribution in [0.1, 0.15) is 71.2 Å². The van der Waals surface area contributed by atoms with Gasteiger partial charge < -0.3 is 1.43 Å². The molecule has 0 aliphatic heterocycles. The molecule has 0 aromatic carbocycles. The van der Waals surface area contributed by atoms with Crippen molar-refractivity contribution in [3.63, 3.8) is 0 Å². The van der Waals surface area contributed by atoms with E-state index in [0.29, 0.717) is 0 Å². The largest absolute Gasteiger partial charge is 1.00 e. The second kappa shape index (κ2) is 119. The molecule has 86 valence electrons. The molecule has 0 heterocycles. The number of rotatable bonds is 2. The number of thiol groups is 1. The molecular formula is C11H35LiS. The molecule has 0 amide bonds. The third-order valence-electron chi connectivity index (χ3n) is 0.512. The second-order valence-corrected chi connectivity index (χ2v) is 1.52. The number of hydrogen-bond donors (Lipinski definition) is 1. The molecule has 0 spiro atoms. The summed E-state index contributed by atoms with van der Waals surface area (Å²) in [6.07, 6.45) is 2.52. The van der Waals surface area contributed by atoms with Crippen LogP contribution in [0.15, 0.2) is 0 Å². The van der Waals surface area contributed by atoms with Crippen molar-refractivity contribution in [2.75, 3.05) is 5.75 Å². The minimum Gasteiger partial charge on any atom is -1.00 e. The Kier molecular flexibility index (Phi) is 442. The fraction of sp³-hybridized carbons (Fsp3) is 1.00. The summed E-state index contributed by atoms with van der Waals surface area (Å²) in [5, 5.41) is 0. The molecule has 0 fully saturated rings. The minimum absolute atomic E-state index is 0. The molecule has 0 saturated carbocycles. The van der Waals surface area contributed by atoms with Crippen molar-refractivity contribution in [3.05, 3.63) is 0 Å². The Balaban J connectivity index is -0.00000000611. The molecule has 0 rings (SSSR count). The predicted octanol–water partition coefficient (Wildman–Crippen LogP) is 2.79. The zero-order chi connectivity index (χ0) is 8.12. The predicted molar refractivity (Wildman–Crippen MR) is 72.8 cm³/mol. The van der Waals surface area contributed by atoms with Crippen LogP contribution >= 0.6 is 12.6 Å². The van der Waals surface area contributed by atoms with Crippen LogP contribution in [0, 0.1) is 0 Å². The fourth-order valence-corrected chi connectivity index (χ4v) is 0.474. The van der Waals surface area contributed by atoms with E-state index in [0.717, 1.165) is 5.75 Å². The van der Waals surface area contributed by atoms with Crippen LogP contribution in [0.25, 0.3) is 0 Å². The van der Waals surface area contributed by atoms with Gasteiger partial charge in [0.25, 0.3) is 0 Å². The van der Waals surface area contributed by atoms with Crippen LogP contribution in [0.2, 0.25) is 0 Å². The van der Waals surface area contributed by atoms with Gasteiger partial charge >= 0.3 is 18.9 Å². The average molecular weight is 206 g/mol. The zero-order valence-electron chi connectivity index (χ0n) is 9.57. The van der Waals surface area contributed by atoms with Crippen molar-refractivity contribution in [2.24, 2.45) is 0 Å². The average Bonchev–Trinajstić information content (AvgIpc) is 1.98. The quantitative estimate of drug-likeness (QED) is 0.521. The first-order valence-electron chi connectivity index (χ1n) is 4.02. The first kappa shape index (κ1) is 48.4. The maximum atomic E-state index is 4.00. The maximum Gasteiger partial charge on any atom is 1.00 e. The summed E-state index contributed by atoms with van der Waals surface area (Å²) in [6, 6.07) is 0. The summed E-state index contributed by atoms with van der Waals surface area (Å²) in [7, 11) is 0. The van der Waals surface area contributed by atoms with E-state index in [1.54, 1.807) is 0 Å². The Morgan fingerprint density at radius 3 is 1.15 bits per heavy atom. The monoisotopic (exact) mass is 206 g/mol. The molecule has 0 unspecified atom stereocenters. The van der Waals surface area contributed by atoms with Crippen molar-refractivity contribution >= 4 is 12.6 Å². The molecule has 0 aromatic rings. The van der Waals surface area contributed by atoms with Crippen LogP contribution in [0.4, 0.5) is 0 Å². The minimum atomic E-state index is 0. The number of unbranched alkanes of at least 4 members (excludes halogenated alkanes) is 1. The van der Waals surface area contributed by atoms with Crippen molar-refractivity contribution < 1.29 is 20.3 Å². The van der Waals surface area contributed by atoms with Crippen molar-refractivity contribution in [1.82, 2.24) is 0 Å². The van der Waals surface area contributed by atoms with E-state index in [9.17, 15) is 0 Å². The Morgan fingerprint density at radius 2 is 1.15 bits per heavy atom. The van der Waals surface area contributed by atoms with E-state index in [2.05, 4.69) is 19.6 Å². The van der Waals surface area contributed by atoms with Gasteiger partial charge in [-0.15, -0.1) is 0 Å². The van der Waals surface area contributed by atoms with E-state index in [4.69, 9.17) is 0 Å². The van der Waals surface area contributed by atoms with Crippen molar-refractivity contribution in [2.45, 2.75) is 69.7 Å². The van der Waals surface area contributed by atoms with E-state index in [1.807, 2.05) is 27.7 Å². The van der Waals surface area contributed by atoms with Crippen LogP contribution in [0.5, 0.6) is 0 Å². The van der Waals surface area contributed by atoms with Gasteiger partial charge in [0.05, 0.1) is 0 Å². The number of hydrogen-bond acceptors (Lipinski definition) is 1. The van der Waals surface area contributed by atoms with Gasteiger partial charge in [-0.3, -0.25) is 0 Å². The van der Waals surface area contributed by atoms with Crippen LogP contribution in [-0.4, -0.2) is 5.75 Å². The van der Waals surface area contributed by atoms with Gasteiger partial charge in [-0.1, -0.05) is 63.3 Å². The summed E-state index contributed by atoms with van der Waals surface area (Å²) in [6.45, 7) is 10.2. The Hall–Kier alpha value is 0.947. The Labute approximate surface area is 108 Å². The third-order valence-corrected chi connectivity index (χ3v) is 0.828. The van der Waals surface area contributed by atoms with Gasteiger partial charge in [0.15, 0.2) is 0 Å². The third kappa shape index (κ3) is 179. The van der Waals surface area contributed by atoms with Gasteiger partial charge in [0, 0.05) is 0 Å². The van der Waals surface area contributed by atoms with E-state index >= 15 is 0 Å². The van der Waals surface area contributed by atoms with Crippen LogP contribution in [0.3, 0.4) is 0 Å². The fourth-order valence-electron chi connectivity index (χ4n) is 0.158. The normalized spacial score (nSPS) is 4.15. The smallest absolute Gasteiger partial charge is 1.00 e. The van der Waals surface area contributed by atoms with E-state index in [1.165, 1.54) is 12.8 Å². The molecule has 0 radical (unpaired) electrons. The van der Waals surface area contributed by atoms with Crippen LogP contribution in [-0.2, 0) is 0 Å². The molecule has 13 heavy (non-hydrogen) atoms. The second-order valence-electron chi connectivity index (χ2n) is 1.08. The molecule has 2 heteroatoms.